The molecule has 0 bridgehead atoms. The molecule has 0 unspecified atom stereocenters. The molecule has 1 heterocycles. The van der Waals surface area contributed by atoms with Gasteiger partial charge in [0, 0.05) is 11.9 Å². The highest BCUT2D eigenvalue weighted by Gasteiger charge is 2.00. The molecule has 0 saturated heterocycles. The summed E-state index contributed by atoms with van der Waals surface area (Å²) >= 11 is 1.68. The van der Waals surface area contributed by atoms with Crippen molar-refractivity contribution in [3.63, 3.8) is 0 Å². The first-order valence-corrected chi connectivity index (χ1v) is 6.46. The normalized spacial score (nSPS) is 12.1. The third kappa shape index (κ3) is 4.61. The largest absolute Gasteiger partial charge is 0.370 e. The molecule has 0 aliphatic rings. The second-order valence-corrected chi connectivity index (χ2v) is 5.01. The Kier molecular flexibility index (Phi) is 5.25. The fourth-order valence-corrected chi connectivity index (χ4v) is 1.85. The van der Waals surface area contributed by atoms with Gasteiger partial charge in [-0.05, 0) is 12.3 Å². The van der Waals surface area contributed by atoms with Crippen molar-refractivity contribution in [1.29, 1.82) is 0 Å². The zero-order chi connectivity index (χ0) is 12.0. The molecule has 0 amide bonds. The van der Waals surface area contributed by atoms with Crippen LogP contribution in [0.3, 0.4) is 0 Å². The van der Waals surface area contributed by atoms with Crippen LogP contribution in [0.5, 0.6) is 0 Å². The highest BCUT2D eigenvalue weighted by Crippen LogP contribution is 2.10. The van der Waals surface area contributed by atoms with E-state index in [0.717, 1.165) is 23.7 Å². The second kappa shape index (κ2) is 6.48. The molecule has 0 aromatic carbocycles. The molecule has 4 nitrogen and oxygen atoms in total. The maximum absolute atomic E-state index is 5.72. The van der Waals surface area contributed by atoms with Gasteiger partial charge in [-0.15, -0.1) is 11.3 Å². The third-order valence-corrected chi connectivity index (χ3v) is 3.05. The fraction of sp³-hybridized carbons (Fsp3) is 0.636. The lowest BCUT2D eigenvalue weighted by atomic mass is 10.2. The van der Waals surface area contributed by atoms with Crippen LogP contribution in [0, 0.1) is 5.92 Å². The van der Waals surface area contributed by atoms with Crippen LogP contribution >= 0.6 is 11.3 Å². The highest BCUT2D eigenvalue weighted by atomic mass is 32.1. The van der Waals surface area contributed by atoms with Crippen molar-refractivity contribution in [2.75, 3.05) is 6.54 Å². The summed E-state index contributed by atoms with van der Waals surface area (Å²) in [6.45, 7) is 7.78. The predicted molar refractivity (Wildman–Crippen MR) is 69.7 cm³/mol. The number of aromatic nitrogens is 1. The summed E-state index contributed by atoms with van der Waals surface area (Å²) < 4.78 is 0. The number of aryl methyl sites for hydroxylation is 1. The zero-order valence-electron chi connectivity index (χ0n) is 10.2. The van der Waals surface area contributed by atoms with E-state index in [4.69, 9.17) is 5.73 Å². The first-order chi connectivity index (χ1) is 7.61. The Hall–Kier alpha value is -1.10. The van der Waals surface area contributed by atoms with E-state index in [1.54, 1.807) is 11.3 Å². The molecule has 0 fully saturated rings. The van der Waals surface area contributed by atoms with E-state index >= 15 is 0 Å². The van der Waals surface area contributed by atoms with Crippen molar-refractivity contribution < 1.29 is 0 Å². The number of nitrogens with two attached hydrogens (primary N) is 1. The van der Waals surface area contributed by atoms with Gasteiger partial charge in [0.25, 0.3) is 0 Å². The van der Waals surface area contributed by atoms with Crippen molar-refractivity contribution in [2.45, 2.75) is 33.7 Å². The van der Waals surface area contributed by atoms with Crippen LogP contribution in [0.2, 0.25) is 0 Å². The van der Waals surface area contributed by atoms with E-state index in [9.17, 15) is 0 Å². The molecule has 1 rings (SSSR count). The summed E-state index contributed by atoms with van der Waals surface area (Å²) in [5.74, 6) is 1.07. The van der Waals surface area contributed by atoms with Gasteiger partial charge in [0.05, 0.1) is 17.2 Å². The summed E-state index contributed by atoms with van der Waals surface area (Å²) in [7, 11) is 0. The lowest BCUT2D eigenvalue weighted by Crippen LogP contribution is -2.34. The Morgan fingerprint density at radius 3 is 2.94 bits per heavy atom. The van der Waals surface area contributed by atoms with E-state index < -0.39 is 0 Å². The molecule has 0 radical (unpaired) electrons. The molecule has 0 atom stereocenters. The van der Waals surface area contributed by atoms with Crippen molar-refractivity contribution in [1.82, 2.24) is 10.3 Å². The average Bonchev–Trinajstić information content (AvgIpc) is 2.71. The lowest BCUT2D eigenvalue weighted by molar-refractivity contribution is 0.621. The van der Waals surface area contributed by atoms with Gasteiger partial charge in [-0.2, -0.15) is 0 Å². The molecule has 90 valence electrons. The topological polar surface area (TPSA) is 63.3 Å². The van der Waals surface area contributed by atoms with Gasteiger partial charge in [0.2, 0.25) is 0 Å². The van der Waals surface area contributed by atoms with Gasteiger partial charge >= 0.3 is 0 Å². The maximum atomic E-state index is 5.72. The highest BCUT2D eigenvalue weighted by molar-refractivity contribution is 7.09. The van der Waals surface area contributed by atoms with Crippen LogP contribution in [0.25, 0.3) is 0 Å². The lowest BCUT2D eigenvalue weighted by Gasteiger charge is -2.07. The monoisotopic (exact) mass is 240 g/mol. The van der Waals surface area contributed by atoms with Gasteiger partial charge in [-0.3, -0.25) is 0 Å². The molecular weight excluding hydrogens is 220 g/mol. The van der Waals surface area contributed by atoms with Gasteiger partial charge in [-0.25, -0.2) is 9.98 Å². The summed E-state index contributed by atoms with van der Waals surface area (Å²) in [6.07, 6.45) is 0.982. The van der Waals surface area contributed by atoms with Crippen molar-refractivity contribution in [3.8, 4) is 0 Å². The minimum Gasteiger partial charge on any atom is -0.370 e. The zero-order valence-corrected chi connectivity index (χ0v) is 11.0. The fourth-order valence-electron chi connectivity index (χ4n) is 1.11. The molecule has 0 aliphatic heterocycles. The molecule has 16 heavy (non-hydrogen) atoms. The molecule has 0 aliphatic carbocycles. The minimum atomic E-state index is 0.500. The van der Waals surface area contributed by atoms with E-state index in [0.29, 0.717) is 18.4 Å². The maximum Gasteiger partial charge on any atom is 0.188 e. The minimum absolute atomic E-state index is 0.500. The summed E-state index contributed by atoms with van der Waals surface area (Å²) in [5.41, 5.74) is 6.72. The number of rotatable bonds is 5. The number of thiazole rings is 1. The van der Waals surface area contributed by atoms with Crippen LogP contribution in [0.4, 0.5) is 0 Å². The van der Waals surface area contributed by atoms with Crippen molar-refractivity contribution in [2.24, 2.45) is 16.6 Å². The molecule has 5 heteroatoms. The first-order valence-electron chi connectivity index (χ1n) is 5.58. The molecule has 1 aromatic heterocycles. The number of aliphatic imine (C=N–C) groups is 1. The molecule has 1 aromatic rings. The molecule has 0 spiro atoms. The van der Waals surface area contributed by atoms with Crippen molar-refractivity contribution in [3.05, 3.63) is 16.1 Å². The quantitative estimate of drug-likeness (QED) is 0.609. The Balaban J connectivity index is 2.39. The number of nitrogens with zero attached hydrogens (tertiary/aromatic N) is 2. The molecule has 3 N–H and O–H groups in total. The van der Waals surface area contributed by atoms with E-state index in [2.05, 4.69) is 36.1 Å². The Morgan fingerprint density at radius 2 is 2.38 bits per heavy atom. The van der Waals surface area contributed by atoms with Crippen LogP contribution in [-0.4, -0.2) is 17.5 Å². The van der Waals surface area contributed by atoms with Crippen molar-refractivity contribution >= 4 is 17.3 Å². The van der Waals surface area contributed by atoms with Gasteiger partial charge in [-0.1, -0.05) is 20.8 Å². The molecular formula is C11H20N4S. The summed E-state index contributed by atoms with van der Waals surface area (Å²) in [5, 5.41) is 6.27. The number of hydrogen-bond donors (Lipinski definition) is 2. The Labute approximate surface area is 101 Å². The predicted octanol–water partition coefficient (Wildman–Crippen LogP) is 1.77. The molecule has 0 saturated carbocycles. The summed E-state index contributed by atoms with van der Waals surface area (Å²) in [6, 6.07) is 0. The number of nitrogens with one attached hydrogen (secondary N) is 1. The number of hydrogen-bond acceptors (Lipinski definition) is 3. The third-order valence-electron chi connectivity index (χ3n) is 2.00. The standard InChI is InChI=1S/C11H20N4S/c1-4-10-15-9(7-16-10)6-14-11(12)13-5-8(2)3/h7-8H,4-6H2,1-3H3,(H3,12,13,14). The van der Waals surface area contributed by atoms with Gasteiger partial charge < -0.3 is 11.1 Å². The van der Waals surface area contributed by atoms with Gasteiger partial charge in [0.1, 0.15) is 0 Å². The summed E-state index contributed by atoms with van der Waals surface area (Å²) in [4.78, 5) is 8.67. The Morgan fingerprint density at radius 1 is 1.62 bits per heavy atom. The van der Waals surface area contributed by atoms with E-state index in [1.807, 2.05) is 5.38 Å². The van der Waals surface area contributed by atoms with Gasteiger partial charge in [0.15, 0.2) is 5.96 Å². The van der Waals surface area contributed by atoms with E-state index in [-0.39, 0.29) is 0 Å². The SMILES string of the molecule is CCc1nc(CN=C(N)NCC(C)C)cs1. The van der Waals surface area contributed by atoms with Crippen LogP contribution in [0.15, 0.2) is 10.4 Å². The average molecular weight is 240 g/mol. The van der Waals surface area contributed by atoms with Crippen LogP contribution < -0.4 is 11.1 Å². The van der Waals surface area contributed by atoms with E-state index in [1.165, 1.54) is 0 Å². The van der Waals surface area contributed by atoms with Crippen LogP contribution in [-0.2, 0) is 13.0 Å². The van der Waals surface area contributed by atoms with Crippen LogP contribution in [0.1, 0.15) is 31.5 Å². The Bertz CT molecular complexity index is 344. The first kappa shape index (κ1) is 13.0. The smallest absolute Gasteiger partial charge is 0.188 e. The second-order valence-electron chi connectivity index (χ2n) is 4.06. The number of guanidine groups is 1.